The molecule has 1 aliphatic heterocycles. The second-order valence-corrected chi connectivity index (χ2v) is 6.53. The molecule has 2 aromatic carbocycles. The number of amides is 2. The van der Waals surface area contributed by atoms with Gasteiger partial charge in [-0.25, -0.2) is 0 Å². The fraction of sp³-hybridized carbons (Fsp3) is 0.227. The number of likely N-dealkylation sites (N-methyl/N-ethyl adjacent to an activating group) is 1. The molecule has 8 heteroatoms. The molecule has 0 fully saturated rings. The van der Waals surface area contributed by atoms with Crippen molar-refractivity contribution in [1.29, 1.82) is 0 Å². The number of aryl methyl sites for hydroxylation is 1. The summed E-state index contributed by atoms with van der Waals surface area (Å²) in [5.41, 5.74) is 2.84. The minimum atomic E-state index is -0.683. The second-order valence-electron chi connectivity index (χ2n) is 5.79. The maximum atomic E-state index is 12.3. The molecule has 30 heavy (non-hydrogen) atoms. The van der Waals surface area contributed by atoms with Gasteiger partial charge < -0.3 is 0 Å². The van der Waals surface area contributed by atoms with Crippen LogP contribution in [0.25, 0.3) is 0 Å². The SMILES string of the molecule is C.Cc1ccc2c(c1)N(C)C(=O)C(NC(=O)[C-]=[W])CO2.[CH-]=[W].[CH2-]c1ccccc1.[W+2]. The van der Waals surface area contributed by atoms with E-state index in [4.69, 9.17) is 4.74 Å². The first-order valence-electron chi connectivity index (χ1n) is 8.22. The molecule has 1 unspecified atom stereocenters. The van der Waals surface area contributed by atoms with Gasteiger partial charge in [-0.05, 0) is 0 Å². The fourth-order valence-electron chi connectivity index (χ4n) is 2.38. The van der Waals surface area contributed by atoms with Crippen LogP contribution in [-0.2, 0) is 69.4 Å². The van der Waals surface area contributed by atoms with Gasteiger partial charge in [0.1, 0.15) is 0 Å². The molecule has 0 bridgehead atoms. The molecule has 0 saturated heterocycles. The van der Waals surface area contributed by atoms with E-state index in [2.05, 4.69) is 21.5 Å². The number of nitrogens with one attached hydrogen (secondary N) is 1. The van der Waals surface area contributed by atoms with E-state index >= 15 is 0 Å². The first-order chi connectivity index (χ1) is 13.4. The molecule has 3 rings (SSSR count). The molecular formula is C22H25N2O3W3-. The van der Waals surface area contributed by atoms with Gasteiger partial charge >= 0.3 is 167 Å². The Morgan fingerprint density at radius 3 is 2.37 bits per heavy atom. The van der Waals surface area contributed by atoms with Crippen LogP contribution in [0.2, 0.25) is 0 Å². The Morgan fingerprint density at radius 2 is 1.87 bits per heavy atom. The molecule has 0 radical (unpaired) electrons. The van der Waals surface area contributed by atoms with Gasteiger partial charge in [-0.1, -0.05) is 13.5 Å². The van der Waals surface area contributed by atoms with Crippen molar-refractivity contribution in [3.8, 4) is 5.75 Å². The van der Waals surface area contributed by atoms with Crippen molar-refractivity contribution in [2.75, 3.05) is 18.6 Å². The molecule has 0 spiro atoms. The first-order valence-corrected chi connectivity index (χ1v) is 11.4. The number of nitrogens with zero attached hydrogens (tertiary/aromatic N) is 1. The Bertz CT molecular complexity index is 817. The number of carbonyl (C=O) groups excluding carboxylic acids is 2. The number of hydrogen-bond acceptors (Lipinski definition) is 3. The summed E-state index contributed by atoms with van der Waals surface area (Å²) in [6.07, 6.45) is 0. The van der Waals surface area contributed by atoms with Gasteiger partial charge in [0.15, 0.2) is 0 Å². The van der Waals surface area contributed by atoms with Crippen molar-refractivity contribution in [2.24, 2.45) is 0 Å². The van der Waals surface area contributed by atoms with Crippen molar-refractivity contribution in [3.05, 3.63) is 66.6 Å². The average Bonchev–Trinajstić information content (AvgIpc) is 2.83. The molecular weight excluding hydrogens is 892 g/mol. The molecule has 0 saturated carbocycles. The number of hydrogen-bond donors (Lipinski definition) is 1. The third-order valence-electron chi connectivity index (χ3n) is 3.75. The summed E-state index contributed by atoms with van der Waals surface area (Å²) in [6, 6.07) is 14.8. The van der Waals surface area contributed by atoms with Crippen molar-refractivity contribution in [1.82, 2.24) is 5.32 Å². The van der Waals surface area contributed by atoms with E-state index in [9.17, 15) is 9.59 Å². The fourth-order valence-corrected chi connectivity index (χ4v) is 2.59. The van der Waals surface area contributed by atoms with E-state index in [1.807, 2.05) is 55.5 Å². The van der Waals surface area contributed by atoms with E-state index in [0.29, 0.717) is 5.75 Å². The first kappa shape index (κ1) is 31.0. The van der Waals surface area contributed by atoms with Gasteiger partial charge in [0.05, 0.1) is 0 Å². The topological polar surface area (TPSA) is 58.6 Å². The Balaban J connectivity index is 0. The largest absolute Gasteiger partial charge is 2.00 e. The Hall–Kier alpha value is -1.15. The summed E-state index contributed by atoms with van der Waals surface area (Å²) in [5.74, 6) is 0.0868. The maximum Gasteiger partial charge on any atom is 2.00 e. The molecule has 1 aliphatic rings. The van der Waals surface area contributed by atoms with Gasteiger partial charge in [-0.15, -0.1) is 12.1 Å². The molecule has 2 amide bonds. The van der Waals surface area contributed by atoms with Crippen LogP contribution in [0.15, 0.2) is 48.5 Å². The quantitative estimate of drug-likeness (QED) is 0.472. The van der Waals surface area contributed by atoms with Crippen LogP contribution in [-0.4, -0.2) is 40.8 Å². The smallest absolute Gasteiger partial charge is 0.199 e. The maximum absolute atomic E-state index is 12.3. The molecule has 2 aromatic rings. The molecule has 160 valence electrons. The Kier molecular flexibility index (Phi) is 17.1. The van der Waals surface area contributed by atoms with Crippen LogP contribution >= 0.6 is 0 Å². The third-order valence-corrected chi connectivity index (χ3v) is 4.42. The van der Waals surface area contributed by atoms with Crippen molar-refractivity contribution < 1.29 is 74.1 Å². The summed E-state index contributed by atoms with van der Waals surface area (Å²) in [5, 5.41) is 2.59. The van der Waals surface area contributed by atoms with Crippen LogP contribution in [0, 0.1) is 13.8 Å². The van der Waals surface area contributed by atoms with Gasteiger partial charge in [0.25, 0.3) is 0 Å². The minimum absolute atomic E-state index is 0. The zero-order valence-corrected chi connectivity index (χ0v) is 24.9. The standard InChI is InChI=1S/C13H13N2O3.C7H7.CH4.CH.3W/c1-8-4-5-12-11(6-8)15(3)13(17)10(7-18-12)14-9(2)16;1-7-5-3-2-4-6-7;;;;;/h4-6,10H,7H2,1,3H3,(H,14,16);2-6H,1H2;1H4;1H;;;/q2*-1;;-1;;;+2. The molecule has 1 heterocycles. The van der Waals surface area contributed by atoms with Crippen LogP contribution in [0.3, 0.4) is 0 Å². The number of carbonyl (C=O) groups is 2. The number of anilines is 1. The summed E-state index contributed by atoms with van der Waals surface area (Å²) in [6.45, 7) is 5.80. The number of fused-ring (bicyclic) bond motifs is 1. The molecule has 0 aliphatic carbocycles. The normalized spacial score (nSPS) is 13.6. The van der Waals surface area contributed by atoms with E-state index in [1.165, 1.54) is 4.90 Å². The third kappa shape index (κ3) is 9.77. The van der Waals surface area contributed by atoms with Gasteiger partial charge in [0, 0.05) is 0 Å². The number of ether oxygens (including phenoxy) is 1. The number of rotatable bonds is 2. The van der Waals surface area contributed by atoms with Crippen molar-refractivity contribution in [3.63, 3.8) is 0 Å². The summed E-state index contributed by atoms with van der Waals surface area (Å²) in [4.78, 5) is 29.7. The Morgan fingerprint density at radius 1 is 1.27 bits per heavy atom. The summed E-state index contributed by atoms with van der Waals surface area (Å²) >= 11 is 2.00. The van der Waals surface area contributed by atoms with E-state index < -0.39 is 6.04 Å². The van der Waals surface area contributed by atoms with Crippen LogP contribution in [0.5, 0.6) is 5.75 Å². The predicted octanol–water partition coefficient (Wildman–Crippen LogP) is 2.41. The molecule has 1 N–H and O–H groups in total. The van der Waals surface area contributed by atoms with Gasteiger partial charge in [-0.2, -0.15) is 24.6 Å². The van der Waals surface area contributed by atoms with Crippen LogP contribution in [0.1, 0.15) is 18.6 Å². The predicted molar refractivity (Wildman–Crippen MR) is 111 cm³/mol. The number of benzene rings is 2. The summed E-state index contributed by atoms with van der Waals surface area (Å²) in [7, 11) is 1.68. The van der Waals surface area contributed by atoms with Gasteiger partial charge in [0.2, 0.25) is 0 Å². The van der Waals surface area contributed by atoms with Crippen molar-refractivity contribution in [2.45, 2.75) is 20.4 Å². The second kappa shape index (κ2) is 16.5. The van der Waals surface area contributed by atoms with Gasteiger partial charge in [-0.3, -0.25) is 0 Å². The zero-order valence-electron chi connectivity index (χ0n) is 16.1. The van der Waals surface area contributed by atoms with Crippen LogP contribution in [0.4, 0.5) is 5.69 Å². The average molecular weight is 917 g/mol. The monoisotopic (exact) mass is 917 g/mol. The molecule has 5 nitrogen and oxygen atoms in total. The van der Waals surface area contributed by atoms with E-state index in [1.54, 1.807) is 7.05 Å². The molecule has 1 atom stereocenters. The minimum Gasteiger partial charge on any atom is -0.199 e. The van der Waals surface area contributed by atoms with E-state index in [0.717, 1.165) is 55.5 Å². The van der Waals surface area contributed by atoms with E-state index in [-0.39, 0.29) is 46.9 Å². The van der Waals surface area contributed by atoms with Crippen molar-refractivity contribution >= 4 is 26.8 Å². The van der Waals surface area contributed by atoms with Crippen LogP contribution < -0.4 is 15.0 Å². The zero-order chi connectivity index (χ0) is 21.1. The molecule has 0 aromatic heterocycles. The summed E-state index contributed by atoms with van der Waals surface area (Å²) < 4.78 is 8.11. The Labute approximate surface area is 216 Å².